The molecule has 8 nitrogen and oxygen atoms in total. The number of esters is 1. The molecule has 3 aromatic rings. The van der Waals surface area contributed by atoms with Gasteiger partial charge in [-0.15, -0.1) is 0 Å². The summed E-state index contributed by atoms with van der Waals surface area (Å²) < 4.78 is 12.5. The van der Waals surface area contributed by atoms with E-state index in [2.05, 4.69) is 21.9 Å². The van der Waals surface area contributed by atoms with Crippen LogP contribution in [0.4, 0.5) is 5.82 Å². The van der Waals surface area contributed by atoms with Crippen molar-refractivity contribution >= 4 is 23.0 Å². The summed E-state index contributed by atoms with van der Waals surface area (Å²) in [4.78, 5) is 23.9. The number of ether oxygens (including phenoxy) is 2. The van der Waals surface area contributed by atoms with Crippen LogP contribution in [0.25, 0.3) is 11.2 Å². The predicted octanol–water partition coefficient (Wildman–Crippen LogP) is 2.56. The number of aromatic nitrogens is 4. The lowest BCUT2D eigenvalue weighted by atomic mass is 10.2. The zero-order chi connectivity index (χ0) is 18.5. The standard InChI is InChI=1S/C18H21N5O3/c1-3-4-9-25-18-21-16(19)15-17(22-18)23(11-20-15)10-13-5-7-14(8-6-13)26-12(2)24/h5-8,11H,3-4,9-10H2,1-2H3,(H2,19,21,22). The van der Waals surface area contributed by atoms with Crippen molar-refractivity contribution in [1.29, 1.82) is 0 Å². The Morgan fingerprint density at radius 3 is 2.69 bits per heavy atom. The van der Waals surface area contributed by atoms with E-state index in [4.69, 9.17) is 15.2 Å². The average Bonchev–Trinajstić information content (AvgIpc) is 3.00. The molecule has 0 aliphatic carbocycles. The van der Waals surface area contributed by atoms with Crippen LogP contribution in [0.3, 0.4) is 0 Å². The highest BCUT2D eigenvalue weighted by molar-refractivity contribution is 5.82. The van der Waals surface area contributed by atoms with Crippen LogP contribution in [0.1, 0.15) is 32.3 Å². The van der Waals surface area contributed by atoms with Gasteiger partial charge in [0, 0.05) is 6.92 Å². The van der Waals surface area contributed by atoms with Crippen molar-refractivity contribution in [3.8, 4) is 11.8 Å². The molecule has 26 heavy (non-hydrogen) atoms. The molecule has 0 aliphatic rings. The van der Waals surface area contributed by atoms with Crippen LogP contribution in [0, 0.1) is 0 Å². The van der Waals surface area contributed by atoms with Gasteiger partial charge in [0.15, 0.2) is 17.0 Å². The lowest BCUT2D eigenvalue weighted by molar-refractivity contribution is -0.131. The van der Waals surface area contributed by atoms with Crippen molar-refractivity contribution in [2.75, 3.05) is 12.3 Å². The van der Waals surface area contributed by atoms with Gasteiger partial charge in [0.2, 0.25) is 0 Å². The quantitative estimate of drug-likeness (QED) is 0.394. The summed E-state index contributed by atoms with van der Waals surface area (Å²) in [5.41, 5.74) is 8.15. The zero-order valence-corrected chi connectivity index (χ0v) is 14.8. The summed E-state index contributed by atoms with van der Waals surface area (Å²) in [6, 6.07) is 7.52. The van der Waals surface area contributed by atoms with E-state index in [1.807, 2.05) is 16.7 Å². The zero-order valence-electron chi connectivity index (χ0n) is 14.8. The Kier molecular flexibility index (Phi) is 5.31. The highest BCUT2D eigenvalue weighted by atomic mass is 16.5. The molecule has 1 aromatic carbocycles. The molecule has 136 valence electrons. The third kappa shape index (κ3) is 4.08. The molecule has 0 saturated carbocycles. The van der Waals surface area contributed by atoms with Gasteiger partial charge in [-0.1, -0.05) is 25.5 Å². The van der Waals surface area contributed by atoms with Crippen LogP contribution < -0.4 is 15.2 Å². The van der Waals surface area contributed by atoms with Gasteiger partial charge in [0.05, 0.1) is 19.5 Å². The molecular formula is C18H21N5O3. The number of fused-ring (bicyclic) bond motifs is 1. The van der Waals surface area contributed by atoms with Crippen molar-refractivity contribution in [3.05, 3.63) is 36.2 Å². The number of nitrogen functional groups attached to an aromatic ring is 1. The normalized spacial score (nSPS) is 10.8. The second-order valence-electron chi connectivity index (χ2n) is 5.88. The number of benzene rings is 1. The fourth-order valence-corrected chi connectivity index (χ4v) is 2.46. The largest absolute Gasteiger partial charge is 0.463 e. The first-order valence-electron chi connectivity index (χ1n) is 8.45. The number of imidazole rings is 1. The van der Waals surface area contributed by atoms with E-state index in [0.29, 0.717) is 35.9 Å². The molecule has 3 rings (SSSR count). The van der Waals surface area contributed by atoms with Crippen LogP contribution in [-0.2, 0) is 11.3 Å². The highest BCUT2D eigenvalue weighted by Gasteiger charge is 2.12. The lowest BCUT2D eigenvalue weighted by Gasteiger charge is -2.08. The van der Waals surface area contributed by atoms with Gasteiger partial charge in [-0.25, -0.2) is 4.98 Å². The Morgan fingerprint density at radius 2 is 2.00 bits per heavy atom. The molecule has 0 unspecified atom stereocenters. The number of nitrogens with zero attached hydrogens (tertiary/aromatic N) is 4. The Labute approximate surface area is 151 Å². The van der Waals surface area contributed by atoms with Crippen molar-refractivity contribution in [2.45, 2.75) is 33.2 Å². The third-order valence-electron chi connectivity index (χ3n) is 3.74. The van der Waals surface area contributed by atoms with Gasteiger partial charge >= 0.3 is 12.0 Å². The maximum absolute atomic E-state index is 11.0. The van der Waals surface area contributed by atoms with Crippen LogP contribution in [0.5, 0.6) is 11.8 Å². The second-order valence-corrected chi connectivity index (χ2v) is 5.88. The van der Waals surface area contributed by atoms with E-state index >= 15 is 0 Å². The van der Waals surface area contributed by atoms with Gasteiger partial charge in [0.25, 0.3) is 0 Å². The number of anilines is 1. The molecule has 2 heterocycles. The van der Waals surface area contributed by atoms with Crippen LogP contribution >= 0.6 is 0 Å². The first-order valence-corrected chi connectivity index (χ1v) is 8.45. The van der Waals surface area contributed by atoms with Crippen LogP contribution in [-0.4, -0.2) is 32.1 Å². The van der Waals surface area contributed by atoms with Gasteiger partial charge in [-0.3, -0.25) is 4.79 Å². The van der Waals surface area contributed by atoms with Gasteiger partial charge in [-0.05, 0) is 24.1 Å². The number of carbonyl (C=O) groups excluding carboxylic acids is 1. The summed E-state index contributed by atoms with van der Waals surface area (Å²) in [5, 5.41) is 0. The molecule has 0 spiro atoms. The molecule has 8 heteroatoms. The molecular weight excluding hydrogens is 334 g/mol. The van der Waals surface area contributed by atoms with Crippen molar-refractivity contribution < 1.29 is 14.3 Å². The molecule has 0 aliphatic heterocycles. The van der Waals surface area contributed by atoms with E-state index in [1.165, 1.54) is 6.92 Å². The molecule has 2 aromatic heterocycles. The number of carbonyl (C=O) groups is 1. The van der Waals surface area contributed by atoms with Crippen molar-refractivity contribution in [3.63, 3.8) is 0 Å². The maximum atomic E-state index is 11.0. The van der Waals surface area contributed by atoms with Gasteiger partial charge in [-0.2, -0.15) is 9.97 Å². The van der Waals surface area contributed by atoms with Crippen LogP contribution in [0.15, 0.2) is 30.6 Å². The SMILES string of the molecule is CCCCOc1nc(N)c2ncn(Cc3ccc(OC(C)=O)cc3)c2n1. The predicted molar refractivity (Wildman–Crippen MR) is 97.0 cm³/mol. The molecule has 2 N–H and O–H groups in total. The Bertz CT molecular complexity index is 905. The van der Waals surface area contributed by atoms with Crippen LogP contribution in [0.2, 0.25) is 0 Å². The number of hydrogen-bond donors (Lipinski definition) is 1. The minimum atomic E-state index is -0.346. The topological polar surface area (TPSA) is 105 Å². The number of hydrogen-bond acceptors (Lipinski definition) is 7. The van der Waals surface area contributed by atoms with E-state index in [-0.39, 0.29) is 12.0 Å². The first kappa shape index (κ1) is 17.7. The van der Waals surface area contributed by atoms with Crippen molar-refractivity contribution in [2.24, 2.45) is 0 Å². The Morgan fingerprint density at radius 1 is 1.23 bits per heavy atom. The summed E-state index contributed by atoms with van der Waals surface area (Å²) >= 11 is 0. The maximum Gasteiger partial charge on any atom is 0.320 e. The molecule has 0 saturated heterocycles. The molecule has 0 amide bonds. The molecule has 0 fully saturated rings. The second kappa shape index (κ2) is 7.81. The van der Waals surface area contributed by atoms with E-state index in [9.17, 15) is 4.79 Å². The number of nitrogens with two attached hydrogens (primary N) is 1. The Hall–Kier alpha value is -3.16. The van der Waals surface area contributed by atoms with E-state index < -0.39 is 0 Å². The molecule has 0 radical (unpaired) electrons. The lowest BCUT2D eigenvalue weighted by Crippen LogP contribution is -2.06. The monoisotopic (exact) mass is 355 g/mol. The summed E-state index contributed by atoms with van der Waals surface area (Å²) in [6.45, 7) is 4.55. The fourth-order valence-electron chi connectivity index (χ4n) is 2.46. The summed E-state index contributed by atoms with van der Waals surface area (Å²) in [6.07, 6.45) is 3.62. The first-order chi connectivity index (χ1) is 12.6. The summed E-state index contributed by atoms with van der Waals surface area (Å²) in [5.74, 6) is 0.460. The van der Waals surface area contributed by atoms with E-state index in [0.717, 1.165) is 18.4 Å². The minimum Gasteiger partial charge on any atom is -0.463 e. The molecule has 0 bridgehead atoms. The average molecular weight is 355 g/mol. The van der Waals surface area contributed by atoms with Gasteiger partial charge in [0.1, 0.15) is 5.75 Å². The Balaban J connectivity index is 1.82. The van der Waals surface area contributed by atoms with Crippen molar-refractivity contribution in [1.82, 2.24) is 19.5 Å². The fraction of sp³-hybridized carbons (Fsp3) is 0.333. The molecule has 0 atom stereocenters. The summed E-state index contributed by atoms with van der Waals surface area (Å²) in [7, 11) is 0. The highest BCUT2D eigenvalue weighted by Crippen LogP contribution is 2.21. The third-order valence-corrected chi connectivity index (χ3v) is 3.74. The smallest absolute Gasteiger partial charge is 0.320 e. The number of unbranched alkanes of at least 4 members (excludes halogenated alkanes) is 1. The minimum absolute atomic E-state index is 0.260. The van der Waals surface area contributed by atoms with Gasteiger partial charge < -0.3 is 19.8 Å². The number of rotatable bonds is 7. The van der Waals surface area contributed by atoms with E-state index in [1.54, 1.807) is 18.5 Å².